The summed E-state index contributed by atoms with van der Waals surface area (Å²) >= 11 is 2.95. The monoisotopic (exact) mass is 410 g/mol. The van der Waals surface area contributed by atoms with Crippen LogP contribution in [0.2, 0.25) is 0 Å². The Kier molecular flexibility index (Phi) is 5.94. The Balaban J connectivity index is 1.25. The van der Waals surface area contributed by atoms with E-state index in [9.17, 15) is 4.79 Å². The summed E-state index contributed by atoms with van der Waals surface area (Å²) in [6.07, 6.45) is 8.27. The average Bonchev–Trinajstić information content (AvgIpc) is 3.07. The average molecular weight is 411 g/mol. The van der Waals surface area contributed by atoms with Crippen LogP contribution in [0.4, 0.5) is 5.13 Å². The second-order valence-electron chi connectivity index (χ2n) is 8.65. The van der Waals surface area contributed by atoms with Crippen LogP contribution in [0.5, 0.6) is 0 Å². The van der Waals surface area contributed by atoms with Crippen LogP contribution >= 0.6 is 23.1 Å². The third kappa shape index (κ3) is 4.43. The van der Waals surface area contributed by atoms with Gasteiger partial charge in [-0.05, 0) is 68.6 Å². The molecular weight excluding hydrogens is 380 g/mol. The summed E-state index contributed by atoms with van der Waals surface area (Å²) in [5.41, 5.74) is 0.357. The van der Waals surface area contributed by atoms with E-state index in [0.717, 1.165) is 27.2 Å². The van der Waals surface area contributed by atoms with Crippen LogP contribution in [0.1, 0.15) is 45.4 Å². The molecule has 1 aromatic rings. The van der Waals surface area contributed by atoms with Crippen molar-refractivity contribution in [2.75, 3.05) is 31.3 Å². The summed E-state index contributed by atoms with van der Waals surface area (Å²) in [7, 11) is 1.67. The van der Waals surface area contributed by atoms with Crippen LogP contribution in [-0.4, -0.2) is 48.2 Å². The predicted molar refractivity (Wildman–Crippen MR) is 109 cm³/mol. The molecule has 0 aliphatic heterocycles. The van der Waals surface area contributed by atoms with Crippen molar-refractivity contribution in [2.24, 2.45) is 23.2 Å². The summed E-state index contributed by atoms with van der Waals surface area (Å²) in [5.74, 6) is 3.26. The molecule has 1 heterocycles. The van der Waals surface area contributed by atoms with Gasteiger partial charge in [-0.1, -0.05) is 23.1 Å². The SMILES string of the molecule is COCCNc1nnc(SCC(=O)N[C@H](C)C23CC4CC(CC(C4)C2)C3)s1. The van der Waals surface area contributed by atoms with E-state index in [1.54, 1.807) is 7.11 Å². The van der Waals surface area contributed by atoms with Crippen molar-refractivity contribution < 1.29 is 9.53 Å². The molecule has 0 spiro atoms. The summed E-state index contributed by atoms with van der Waals surface area (Å²) in [6, 6.07) is 0.277. The zero-order chi connectivity index (χ0) is 18.9. The van der Waals surface area contributed by atoms with E-state index in [1.165, 1.54) is 61.6 Å². The summed E-state index contributed by atoms with van der Waals surface area (Å²) < 4.78 is 5.84. The van der Waals surface area contributed by atoms with Gasteiger partial charge < -0.3 is 15.4 Å². The van der Waals surface area contributed by atoms with Crippen molar-refractivity contribution in [3.63, 3.8) is 0 Å². The molecule has 4 saturated carbocycles. The molecule has 1 atom stereocenters. The molecule has 1 aromatic heterocycles. The van der Waals surface area contributed by atoms with Gasteiger partial charge >= 0.3 is 0 Å². The van der Waals surface area contributed by atoms with Gasteiger partial charge in [0.25, 0.3) is 0 Å². The fourth-order valence-electron chi connectivity index (χ4n) is 5.87. The zero-order valence-corrected chi connectivity index (χ0v) is 17.8. The van der Waals surface area contributed by atoms with Gasteiger partial charge in [-0.25, -0.2) is 0 Å². The Morgan fingerprint density at radius 1 is 1.26 bits per heavy atom. The van der Waals surface area contributed by atoms with E-state index >= 15 is 0 Å². The molecule has 6 nitrogen and oxygen atoms in total. The lowest BCUT2D eigenvalue weighted by Gasteiger charge is -2.59. The largest absolute Gasteiger partial charge is 0.383 e. The van der Waals surface area contributed by atoms with Crippen LogP contribution in [0.15, 0.2) is 4.34 Å². The molecule has 0 aromatic carbocycles. The summed E-state index contributed by atoms with van der Waals surface area (Å²) in [6.45, 7) is 3.57. The molecule has 27 heavy (non-hydrogen) atoms. The maximum Gasteiger partial charge on any atom is 0.230 e. The van der Waals surface area contributed by atoms with Crippen molar-refractivity contribution in [2.45, 2.75) is 55.8 Å². The fourth-order valence-corrected chi connectivity index (χ4v) is 7.46. The highest BCUT2D eigenvalue weighted by Crippen LogP contribution is 2.61. The smallest absolute Gasteiger partial charge is 0.230 e. The number of carbonyl (C=O) groups is 1. The molecule has 8 heteroatoms. The molecule has 0 saturated heterocycles. The number of methoxy groups -OCH3 is 1. The molecule has 0 unspecified atom stereocenters. The topological polar surface area (TPSA) is 76.1 Å². The third-order valence-electron chi connectivity index (χ3n) is 6.70. The maximum atomic E-state index is 12.5. The van der Waals surface area contributed by atoms with Gasteiger partial charge in [-0.3, -0.25) is 4.79 Å². The van der Waals surface area contributed by atoms with E-state index < -0.39 is 0 Å². The summed E-state index contributed by atoms with van der Waals surface area (Å²) in [4.78, 5) is 12.5. The van der Waals surface area contributed by atoms with Crippen molar-refractivity contribution >= 4 is 34.1 Å². The molecule has 4 aliphatic carbocycles. The summed E-state index contributed by atoms with van der Waals surface area (Å²) in [5, 5.41) is 15.5. The third-order valence-corrected chi connectivity index (χ3v) is 8.71. The first-order chi connectivity index (χ1) is 13.1. The van der Waals surface area contributed by atoms with Gasteiger partial charge in [0.2, 0.25) is 11.0 Å². The fraction of sp³-hybridized carbons (Fsp3) is 0.842. The van der Waals surface area contributed by atoms with Crippen molar-refractivity contribution in [1.82, 2.24) is 15.5 Å². The quantitative estimate of drug-likeness (QED) is 0.480. The number of carbonyl (C=O) groups excluding carboxylic acids is 1. The number of nitrogens with zero attached hydrogens (tertiary/aromatic N) is 2. The zero-order valence-electron chi connectivity index (χ0n) is 16.2. The van der Waals surface area contributed by atoms with Crippen molar-refractivity contribution in [1.29, 1.82) is 0 Å². The number of amides is 1. The van der Waals surface area contributed by atoms with Crippen molar-refractivity contribution in [3.05, 3.63) is 0 Å². The van der Waals surface area contributed by atoms with E-state index in [0.29, 0.717) is 24.3 Å². The molecular formula is C19H30N4O2S2. The van der Waals surface area contributed by atoms with Crippen LogP contribution < -0.4 is 10.6 Å². The van der Waals surface area contributed by atoms with E-state index in [-0.39, 0.29) is 11.9 Å². The van der Waals surface area contributed by atoms with Crippen LogP contribution in [-0.2, 0) is 9.53 Å². The molecule has 2 N–H and O–H groups in total. The van der Waals surface area contributed by atoms with Gasteiger partial charge in [0.15, 0.2) is 4.34 Å². The number of ether oxygens (including phenoxy) is 1. The van der Waals surface area contributed by atoms with Crippen LogP contribution in [0.3, 0.4) is 0 Å². The Hall–Kier alpha value is -0.860. The van der Waals surface area contributed by atoms with E-state index in [2.05, 4.69) is 27.8 Å². The number of aromatic nitrogens is 2. The van der Waals surface area contributed by atoms with Gasteiger partial charge in [-0.2, -0.15) is 0 Å². The molecule has 0 radical (unpaired) electrons. The number of hydrogen-bond acceptors (Lipinski definition) is 7. The highest BCUT2D eigenvalue weighted by atomic mass is 32.2. The minimum atomic E-state index is 0.118. The highest BCUT2D eigenvalue weighted by molar-refractivity contribution is 8.01. The number of rotatable bonds is 9. The normalized spacial score (nSPS) is 32.4. The second kappa shape index (κ2) is 8.25. The lowest BCUT2D eigenvalue weighted by atomic mass is 9.48. The number of anilines is 1. The minimum Gasteiger partial charge on any atom is -0.383 e. The highest BCUT2D eigenvalue weighted by Gasteiger charge is 2.53. The first kappa shape index (κ1) is 19.5. The van der Waals surface area contributed by atoms with Gasteiger partial charge in [0.1, 0.15) is 0 Å². The molecule has 4 bridgehead atoms. The molecule has 150 valence electrons. The number of hydrogen-bond donors (Lipinski definition) is 2. The van der Waals surface area contributed by atoms with Crippen LogP contribution in [0.25, 0.3) is 0 Å². The molecule has 4 aliphatic rings. The predicted octanol–water partition coefficient (Wildman–Crippen LogP) is 3.41. The van der Waals surface area contributed by atoms with Gasteiger partial charge in [0.05, 0.1) is 12.4 Å². The standard InChI is InChI=1S/C19H30N4O2S2/c1-12(19-8-13-5-14(9-19)7-15(6-13)10-19)21-16(24)11-26-18-23-22-17(27-18)20-3-4-25-2/h12-15H,3-11H2,1-2H3,(H,20,22)(H,21,24)/t12-,13?,14?,15?,19?/m1/s1. The first-order valence-corrected chi connectivity index (χ1v) is 11.8. The Morgan fingerprint density at radius 2 is 1.93 bits per heavy atom. The second-order valence-corrected chi connectivity index (χ2v) is 10.9. The lowest BCUT2D eigenvalue weighted by Crippen LogP contribution is -2.56. The van der Waals surface area contributed by atoms with E-state index in [4.69, 9.17) is 4.74 Å². The first-order valence-electron chi connectivity index (χ1n) is 10.0. The van der Waals surface area contributed by atoms with Crippen molar-refractivity contribution in [3.8, 4) is 0 Å². The Bertz CT molecular complexity index is 631. The number of thioether (sulfide) groups is 1. The Morgan fingerprint density at radius 3 is 2.56 bits per heavy atom. The van der Waals surface area contributed by atoms with Gasteiger partial charge in [-0.15, -0.1) is 10.2 Å². The molecule has 5 rings (SSSR count). The minimum absolute atomic E-state index is 0.118. The lowest BCUT2D eigenvalue weighted by molar-refractivity contribution is -0.123. The van der Waals surface area contributed by atoms with Crippen LogP contribution in [0, 0.1) is 23.2 Å². The molecule has 1 amide bonds. The number of nitrogens with one attached hydrogen (secondary N) is 2. The maximum absolute atomic E-state index is 12.5. The van der Waals surface area contributed by atoms with E-state index in [1.807, 2.05) is 0 Å². The Labute approximate surface area is 169 Å². The van der Waals surface area contributed by atoms with Gasteiger partial charge in [0, 0.05) is 19.7 Å². The molecule has 4 fully saturated rings.